The Labute approximate surface area is 213 Å². The Morgan fingerprint density at radius 3 is 2.51 bits per heavy atom. The molecule has 4 aromatic heterocycles. The van der Waals surface area contributed by atoms with Gasteiger partial charge in [0.15, 0.2) is 0 Å². The van der Waals surface area contributed by atoms with Gasteiger partial charge in [0.2, 0.25) is 0 Å². The molecule has 186 valence electrons. The first-order valence-electron chi connectivity index (χ1n) is 12.1. The molecule has 0 spiro atoms. The van der Waals surface area contributed by atoms with Crippen molar-refractivity contribution in [3.05, 3.63) is 73.2 Å². The Hall–Kier alpha value is -4.70. The van der Waals surface area contributed by atoms with Crippen LogP contribution in [0.15, 0.2) is 73.2 Å². The van der Waals surface area contributed by atoms with Crippen molar-refractivity contribution < 1.29 is 9.53 Å². The van der Waals surface area contributed by atoms with Gasteiger partial charge in [-0.25, -0.2) is 9.78 Å². The molecule has 6 rings (SSSR count). The Bertz CT molecular complexity index is 1540. The van der Waals surface area contributed by atoms with Gasteiger partial charge in [0.1, 0.15) is 11.6 Å². The third kappa shape index (κ3) is 4.74. The number of aromatic nitrogens is 5. The summed E-state index contributed by atoms with van der Waals surface area (Å²) >= 11 is 0. The first-order chi connectivity index (χ1) is 18.1. The number of pyridine rings is 2. The smallest absolute Gasteiger partial charge is 0.324 e. The van der Waals surface area contributed by atoms with Gasteiger partial charge in [0.25, 0.3) is 0 Å². The van der Waals surface area contributed by atoms with Crippen LogP contribution in [0, 0.1) is 0 Å². The first-order valence-corrected chi connectivity index (χ1v) is 12.1. The van der Waals surface area contributed by atoms with E-state index in [9.17, 15) is 4.79 Å². The molecule has 0 saturated carbocycles. The lowest BCUT2D eigenvalue weighted by molar-refractivity contribution is 0.122. The number of amides is 2. The summed E-state index contributed by atoms with van der Waals surface area (Å²) in [5.74, 6) is 1.56. The topological polar surface area (TPSA) is 113 Å². The minimum Gasteiger partial charge on any atom is -0.378 e. The summed E-state index contributed by atoms with van der Waals surface area (Å²) in [5, 5.41) is 11.3. The molecule has 1 saturated heterocycles. The van der Waals surface area contributed by atoms with Crippen molar-refractivity contribution in [2.75, 3.05) is 41.8 Å². The van der Waals surface area contributed by atoms with E-state index < -0.39 is 0 Å². The Kier molecular flexibility index (Phi) is 5.99. The number of aryl methyl sites for hydroxylation is 1. The van der Waals surface area contributed by atoms with Crippen LogP contribution in [0.3, 0.4) is 0 Å². The van der Waals surface area contributed by atoms with Crippen molar-refractivity contribution in [2.24, 2.45) is 7.05 Å². The van der Waals surface area contributed by atoms with Crippen LogP contribution in [-0.4, -0.2) is 57.1 Å². The molecule has 3 N–H and O–H groups in total. The van der Waals surface area contributed by atoms with E-state index in [0.29, 0.717) is 24.7 Å². The number of rotatable bonds is 5. The zero-order valence-electron chi connectivity index (χ0n) is 20.3. The molecular formula is C27H26N8O2. The quantitative estimate of drug-likeness (QED) is 0.331. The van der Waals surface area contributed by atoms with Crippen molar-refractivity contribution in [3.8, 4) is 22.5 Å². The molecule has 1 aromatic carbocycles. The molecule has 10 heteroatoms. The fraction of sp³-hybridized carbons (Fsp3) is 0.185. The Morgan fingerprint density at radius 2 is 1.73 bits per heavy atom. The molecule has 1 aliphatic rings. The number of carbonyl (C=O) groups excluding carboxylic acids is 1. The van der Waals surface area contributed by atoms with E-state index in [1.54, 1.807) is 24.1 Å². The molecular weight excluding hydrogens is 468 g/mol. The molecule has 1 fully saturated rings. The molecule has 0 radical (unpaired) electrons. The summed E-state index contributed by atoms with van der Waals surface area (Å²) in [6.45, 7) is 3.09. The maximum absolute atomic E-state index is 12.6. The number of hydrogen-bond acceptors (Lipinski definition) is 6. The minimum atomic E-state index is -0.344. The molecule has 5 heterocycles. The molecule has 0 aliphatic carbocycles. The molecule has 1 aliphatic heterocycles. The van der Waals surface area contributed by atoms with Gasteiger partial charge in [-0.2, -0.15) is 5.10 Å². The van der Waals surface area contributed by atoms with Crippen molar-refractivity contribution in [1.29, 1.82) is 0 Å². The Balaban J connectivity index is 1.15. The van der Waals surface area contributed by atoms with Gasteiger partial charge in [0, 0.05) is 67.1 Å². The fourth-order valence-corrected chi connectivity index (χ4v) is 4.48. The highest BCUT2D eigenvalue weighted by Gasteiger charge is 2.17. The highest BCUT2D eigenvalue weighted by molar-refractivity contribution is 6.00. The second-order valence-corrected chi connectivity index (χ2v) is 8.81. The van der Waals surface area contributed by atoms with E-state index >= 15 is 0 Å². The van der Waals surface area contributed by atoms with Gasteiger partial charge < -0.3 is 19.9 Å². The van der Waals surface area contributed by atoms with Crippen LogP contribution in [-0.2, 0) is 11.8 Å². The Morgan fingerprint density at radius 1 is 0.946 bits per heavy atom. The lowest BCUT2D eigenvalue weighted by Gasteiger charge is -2.28. The van der Waals surface area contributed by atoms with E-state index in [1.807, 2.05) is 54.7 Å². The summed E-state index contributed by atoms with van der Waals surface area (Å²) in [4.78, 5) is 27.1. The SMILES string of the molecule is Cn1nc(-c2ccncc2)cc1NC(=O)Nc1ccc(-c2cc3c(N4CCOCC4)nccc3[nH]2)cc1. The van der Waals surface area contributed by atoms with Gasteiger partial charge in [-0.15, -0.1) is 0 Å². The number of benzene rings is 1. The highest BCUT2D eigenvalue weighted by atomic mass is 16.5. The van der Waals surface area contributed by atoms with E-state index in [-0.39, 0.29) is 6.03 Å². The van der Waals surface area contributed by atoms with Gasteiger partial charge in [-0.3, -0.25) is 15.0 Å². The first kappa shape index (κ1) is 22.7. The summed E-state index contributed by atoms with van der Waals surface area (Å²) in [7, 11) is 1.79. The molecule has 0 bridgehead atoms. The minimum absolute atomic E-state index is 0.344. The molecule has 0 unspecified atom stereocenters. The fourth-order valence-electron chi connectivity index (χ4n) is 4.48. The van der Waals surface area contributed by atoms with Crippen LogP contribution in [0.25, 0.3) is 33.4 Å². The van der Waals surface area contributed by atoms with Crippen LogP contribution in [0.1, 0.15) is 0 Å². The van der Waals surface area contributed by atoms with Crippen molar-refractivity contribution in [1.82, 2.24) is 24.7 Å². The largest absolute Gasteiger partial charge is 0.378 e. The molecule has 37 heavy (non-hydrogen) atoms. The zero-order chi connectivity index (χ0) is 25.2. The summed E-state index contributed by atoms with van der Waals surface area (Å²) in [5.41, 5.74) is 5.42. The third-order valence-corrected chi connectivity index (χ3v) is 6.39. The molecule has 2 amide bonds. The summed E-state index contributed by atoms with van der Waals surface area (Å²) < 4.78 is 7.12. The van der Waals surface area contributed by atoms with Gasteiger partial charge in [0.05, 0.1) is 24.4 Å². The number of urea groups is 1. The maximum Gasteiger partial charge on any atom is 0.324 e. The molecule has 5 aromatic rings. The lowest BCUT2D eigenvalue weighted by atomic mass is 10.1. The van der Waals surface area contributed by atoms with Crippen molar-refractivity contribution >= 4 is 34.3 Å². The van der Waals surface area contributed by atoms with E-state index in [2.05, 4.69) is 41.7 Å². The average Bonchev–Trinajstić information content (AvgIpc) is 3.53. The van der Waals surface area contributed by atoms with E-state index in [1.165, 1.54) is 0 Å². The number of carbonyl (C=O) groups is 1. The van der Waals surface area contributed by atoms with E-state index in [0.717, 1.165) is 52.3 Å². The molecule has 10 nitrogen and oxygen atoms in total. The summed E-state index contributed by atoms with van der Waals surface area (Å²) in [6.07, 6.45) is 5.26. The third-order valence-electron chi connectivity index (χ3n) is 6.39. The number of nitrogens with one attached hydrogen (secondary N) is 3. The maximum atomic E-state index is 12.6. The van der Waals surface area contributed by atoms with Crippen molar-refractivity contribution in [3.63, 3.8) is 0 Å². The predicted molar refractivity (Wildman–Crippen MR) is 144 cm³/mol. The normalized spacial score (nSPS) is 13.6. The number of hydrogen-bond donors (Lipinski definition) is 3. The number of morpholine rings is 1. The number of ether oxygens (including phenoxy) is 1. The second kappa shape index (κ2) is 9.75. The summed E-state index contributed by atoms with van der Waals surface area (Å²) in [6, 6.07) is 17.1. The van der Waals surface area contributed by atoms with Crippen LogP contribution in [0.4, 0.5) is 22.1 Å². The van der Waals surface area contributed by atoms with Gasteiger partial charge in [-0.05, 0) is 42.0 Å². The number of aromatic amines is 1. The highest BCUT2D eigenvalue weighted by Crippen LogP contribution is 2.31. The van der Waals surface area contributed by atoms with Crippen LogP contribution in [0.5, 0.6) is 0 Å². The van der Waals surface area contributed by atoms with Crippen LogP contribution < -0.4 is 15.5 Å². The second-order valence-electron chi connectivity index (χ2n) is 8.81. The van der Waals surface area contributed by atoms with Gasteiger partial charge >= 0.3 is 6.03 Å². The number of anilines is 3. The number of fused-ring (bicyclic) bond motifs is 1. The predicted octanol–water partition coefficient (Wildman–Crippen LogP) is 4.51. The van der Waals surface area contributed by atoms with Gasteiger partial charge in [-0.1, -0.05) is 12.1 Å². The van der Waals surface area contributed by atoms with Crippen molar-refractivity contribution in [2.45, 2.75) is 0 Å². The van der Waals surface area contributed by atoms with Crippen LogP contribution in [0.2, 0.25) is 0 Å². The number of nitrogens with zero attached hydrogens (tertiary/aromatic N) is 5. The standard InChI is InChI=1S/C27H26N8O2/c1-34-25(17-24(33-34)19-6-9-28-10-7-19)32-27(36)30-20-4-2-18(3-5-20)23-16-21-22(31-23)8-11-29-26(21)35-12-14-37-15-13-35/h2-11,16-17,31H,12-15H2,1H3,(H2,30,32,36). The zero-order valence-corrected chi connectivity index (χ0v) is 20.3. The number of H-pyrrole nitrogens is 1. The lowest BCUT2D eigenvalue weighted by Crippen LogP contribution is -2.36. The monoisotopic (exact) mass is 494 g/mol. The molecule has 0 atom stereocenters. The van der Waals surface area contributed by atoms with E-state index in [4.69, 9.17) is 4.74 Å². The van der Waals surface area contributed by atoms with Crippen LogP contribution >= 0.6 is 0 Å². The average molecular weight is 495 g/mol.